The van der Waals surface area contributed by atoms with Crippen LogP contribution in [0.25, 0.3) is 0 Å². The topological polar surface area (TPSA) is 69.1 Å². The van der Waals surface area contributed by atoms with Gasteiger partial charge in [-0.25, -0.2) is 0 Å². The van der Waals surface area contributed by atoms with Gasteiger partial charge in [0, 0.05) is 6.04 Å². The van der Waals surface area contributed by atoms with Gasteiger partial charge in [-0.2, -0.15) is 0 Å². The fourth-order valence-electron chi connectivity index (χ4n) is 1.13. The molecule has 0 aromatic carbocycles. The molecule has 1 aliphatic carbocycles. The minimum Gasteiger partial charge on any atom is -0.366 e. The number of rotatable bonds is 1. The van der Waals surface area contributed by atoms with E-state index in [4.69, 9.17) is 5.73 Å². The second-order valence-corrected chi connectivity index (χ2v) is 3.00. The Balaban J connectivity index is 0.000000217. The van der Waals surface area contributed by atoms with Gasteiger partial charge in [0.05, 0.1) is 0 Å². The maximum atomic E-state index is 9.47. The zero-order chi connectivity index (χ0) is 9.40. The van der Waals surface area contributed by atoms with Crippen molar-refractivity contribution in [3.8, 4) is 0 Å². The maximum Gasteiger partial charge on any atom is 0.240 e. The van der Waals surface area contributed by atoms with Gasteiger partial charge in [-0.3, -0.25) is 4.79 Å². The van der Waals surface area contributed by atoms with Crippen molar-refractivity contribution in [3.05, 3.63) is 12.7 Å². The summed E-state index contributed by atoms with van der Waals surface area (Å²) >= 11 is 0. The first-order valence-electron chi connectivity index (χ1n) is 4.34. The highest BCUT2D eigenvalue weighted by molar-refractivity contribution is 5.84. The summed E-state index contributed by atoms with van der Waals surface area (Å²) in [6.45, 7) is 3.09. The summed E-state index contributed by atoms with van der Waals surface area (Å²) in [5.74, 6) is -0.481. The van der Waals surface area contributed by atoms with Gasteiger partial charge in [0.1, 0.15) is 0 Å². The third-order valence-electron chi connectivity index (χ3n) is 1.85. The van der Waals surface area contributed by atoms with Gasteiger partial charge in [-0.15, -0.1) is 0 Å². The monoisotopic (exact) mass is 170 g/mol. The molecule has 1 amide bonds. The Morgan fingerprint density at radius 3 is 1.92 bits per heavy atom. The SMILES string of the molecule is C=CC(N)=O.NC1CCCCC1. The third kappa shape index (κ3) is 7.28. The largest absolute Gasteiger partial charge is 0.366 e. The first-order chi connectivity index (χ1) is 5.66. The molecule has 3 nitrogen and oxygen atoms in total. The van der Waals surface area contributed by atoms with Gasteiger partial charge >= 0.3 is 0 Å². The lowest BCUT2D eigenvalue weighted by molar-refractivity contribution is -0.113. The number of hydrogen-bond donors (Lipinski definition) is 2. The van der Waals surface area contributed by atoms with Crippen molar-refractivity contribution in [1.29, 1.82) is 0 Å². The normalized spacial score (nSPS) is 17.4. The molecular formula is C9H18N2O. The first kappa shape index (κ1) is 11.2. The molecule has 0 aromatic heterocycles. The average molecular weight is 170 g/mol. The summed E-state index contributed by atoms with van der Waals surface area (Å²) in [6, 6.07) is 0.536. The molecule has 12 heavy (non-hydrogen) atoms. The van der Waals surface area contributed by atoms with Crippen LogP contribution in [0.15, 0.2) is 12.7 Å². The molecule has 0 unspecified atom stereocenters. The molecule has 0 atom stereocenters. The second-order valence-electron chi connectivity index (χ2n) is 3.00. The predicted molar refractivity (Wildman–Crippen MR) is 50.5 cm³/mol. The van der Waals surface area contributed by atoms with E-state index < -0.39 is 5.91 Å². The molecule has 1 fully saturated rings. The van der Waals surface area contributed by atoms with Crippen molar-refractivity contribution < 1.29 is 4.79 Å². The van der Waals surface area contributed by atoms with Crippen LogP contribution >= 0.6 is 0 Å². The number of hydrogen-bond acceptors (Lipinski definition) is 2. The van der Waals surface area contributed by atoms with E-state index in [0.717, 1.165) is 6.08 Å². The standard InChI is InChI=1S/C6H13N.C3H5NO/c7-6-4-2-1-3-5-6;1-2-3(4)5/h6H,1-5,7H2;2H,1H2,(H2,4,5). The van der Waals surface area contributed by atoms with Gasteiger partial charge in [-0.05, 0) is 18.9 Å². The Morgan fingerprint density at radius 2 is 1.75 bits per heavy atom. The van der Waals surface area contributed by atoms with Gasteiger partial charge in [-0.1, -0.05) is 25.8 Å². The molecule has 1 aliphatic rings. The number of carbonyl (C=O) groups excluding carboxylic acids is 1. The van der Waals surface area contributed by atoms with Crippen LogP contribution in [0.5, 0.6) is 0 Å². The Kier molecular flexibility index (Phi) is 6.38. The third-order valence-corrected chi connectivity index (χ3v) is 1.85. The van der Waals surface area contributed by atoms with Crippen LogP contribution in [0.3, 0.4) is 0 Å². The minimum absolute atomic E-state index is 0.481. The quantitative estimate of drug-likeness (QED) is 0.575. The fourth-order valence-corrected chi connectivity index (χ4v) is 1.13. The van der Waals surface area contributed by atoms with E-state index in [1.54, 1.807) is 0 Å². The van der Waals surface area contributed by atoms with Crippen LogP contribution < -0.4 is 11.5 Å². The number of amides is 1. The number of primary amides is 1. The van der Waals surface area contributed by atoms with Crippen LogP contribution in [0.2, 0.25) is 0 Å². The van der Waals surface area contributed by atoms with Crippen molar-refractivity contribution in [2.24, 2.45) is 11.5 Å². The molecule has 70 valence electrons. The first-order valence-corrected chi connectivity index (χ1v) is 4.34. The van der Waals surface area contributed by atoms with E-state index in [0.29, 0.717) is 6.04 Å². The Morgan fingerprint density at radius 1 is 1.33 bits per heavy atom. The van der Waals surface area contributed by atoms with E-state index in [1.807, 2.05) is 0 Å². The molecular weight excluding hydrogens is 152 g/mol. The number of carbonyl (C=O) groups is 1. The fraction of sp³-hybridized carbons (Fsp3) is 0.667. The molecule has 0 aromatic rings. The van der Waals surface area contributed by atoms with Crippen molar-refractivity contribution >= 4 is 5.91 Å². The van der Waals surface area contributed by atoms with Gasteiger partial charge < -0.3 is 11.5 Å². The van der Waals surface area contributed by atoms with E-state index in [-0.39, 0.29) is 0 Å². The van der Waals surface area contributed by atoms with Crippen LogP contribution in [0.4, 0.5) is 0 Å². The van der Waals surface area contributed by atoms with E-state index in [9.17, 15) is 4.79 Å². The van der Waals surface area contributed by atoms with Gasteiger partial charge in [0.2, 0.25) is 5.91 Å². The molecule has 1 saturated carbocycles. The Hall–Kier alpha value is -0.830. The highest BCUT2D eigenvalue weighted by Crippen LogP contribution is 2.14. The smallest absolute Gasteiger partial charge is 0.240 e. The molecule has 0 radical (unpaired) electrons. The lowest BCUT2D eigenvalue weighted by Crippen LogP contribution is -2.22. The minimum atomic E-state index is -0.481. The van der Waals surface area contributed by atoms with Crippen LogP contribution in [0, 0.1) is 0 Å². The number of nitrogens with two attached hydrogens (primary N) is 2. The molecule has 0 aliphatic heterocycles. The lowest BCUT2D eigenvalue weighted by Gasteiger charge is -2.15. The summed E-state index contributed by atoms with van der Waals surface area (Å²) in [6.07, 6.45) is 7.72. The van der Waals surface area contributed by atoms with E-state index >= 15 is 0 Å². The summed E-state index contributed by atoms with van der Waals surface area (Å²) in [5.41, 5.74) is 10.2. The molecule has 0 saturated heterocycles. The zero-order valence-corrected chi connectivity index (χ0v) is 7.46. The van der Waals surface area contributed by atoms with Crippen LogP contribution in [-0.2, 0) is 4.79 Å². The van der Waals surface area contributed by atoms with Crippen LogP contribution in [0.1, 0.15) is 32.1 Å². The molecule has 0 heterocycles. The van der Waals surface area contributed by atoms with Gasteiger partial charge in [0.25, 0.3) is 0 Å². The summed E-state index contributed by atoms with van der Waals surface area (Å²) in [4.78, 5) is 9.47. The van der Waals surface area contributed by atoms with E-state index in [2.05, 4.69) is 12.3 Å². The molecule has 0 bridgehead atoms. The predicted octanol–water partition coefficient (Wildman–Crippen LogP) is 0.935. The molecule has 1 rings (SSSR count). The molecule has 0 spiro atoms. The van der Waals surface area contributed by atoms with Crippen molar-refractivity contribution in [2.75, 3.05) is 0 Å². The zero-order valence-electron chi connectivity index (χ0n) is 7.46. The summed E-state index contributed by atoms with van der Waals surface area (Å²) in [5, 5.41) is 0. The van der Waals surface area contributed by atoms with Crippen molar-refractivity contribution in [2.45, 2.75) is 38.1 Å². The summed E-state index contributed by atoms with van der Waals surface area (Å²) in [7, 11) is 0. The maximum absolute atomic E-state index is 9.47. The van der Waals surface area contributed by atoms with Crippen LogP contribution in [-0.4, -0.2) is 11.9 Å². The Labute approximate surface area is 73.8 Å². The molecule has 3 heteroatoms. The van der Waals surface area contributed by atoms with Crippen molar-refractivity contribution in [3.63, 3.8) is 0 Å². The average Bonchev–Trinajstić information content (AvgIpc) is 2.07. The van der Waals surface area contributed by atoms with Crippen molar-refractivity contribution in [1.82, 2.24) is 0 Å². The summed E-state index contributed by atoms with van der Waals surface area (Å²) < 4.78 is 0. The highest BCUT2D eigenvalue weighted by atomic mass is 16.1. The highest BCUT2D eigenvalue weighted by Gasteiger charge is 2.06. The second kappa shape index (κ2) is 6.85. The Bertz CT molecular complexity index is 139. The molecule has 4 N–H and O–H groups in total. The van der Waals surface area contributed by atoms with Gasteiger partial charge in [0.15, 0.2) is 0 Å². The lowest BCUT2D eigenvalue weighted by atomic mass is 9.97. The van der Waals surface area contributed by atoms with E-state index in [1.165, 1.54) is 32.1 Å².